The molecule has 0 heterocycles. The predicted molar refractivity (Wildman–Crippen MR) is 180 cm³/mol. The summed E-state index contributed by atoms with van der Waals surface area (Å²) in [6.07, 6.45) is 12.6. The number of methoxy groups -OCH3 is 2. The molecule has 0 amide bonds. The van der Waals surface area contributed by atoms with Crippen molar-refractivity contribution in [2.24, 2.45) is 0 Å². The molecule has 4 aromatic rings. The Bertz CT molecular complexity index is 1220. The first kappa shape index (κ1) is 30.9. The third-order valence-electron chi connectivity index (χ3n) is 8.57. The van der Waals surface area contributed by atoms with Gasteiger partial charge in [0, 0.05) is 0 Å². The molecule has 0 radical (unpaired) electrons. The lowest BCUT2D eigenvalue weighted by atomic mass is 9.98. The molecule has 0 spiro atoms. The summed E-state index contributed by atoms with van der Waals surface area (Å²) in [6.45, 7) is 4.24. The number of ether oxygens (including phenoxy) is 2. The van der Waals surface area contributed by atoms with E-state index in [9.17, 15) is 0 Å². The molecule has 3 heteroatoms. The van der Waals surface area contributed by atoms with Gasteiger partial charge in [0.05, 0.1) is 20.4 Å². The van der Waals surface area contributed by atoms with Crippen molar-refractivity contribution >= 4 is 23.2 Å². The maximum absolute atomic E-state index is 5.74. The maximum atomic E-state index is 5.74. The lowest BCUT2D eigenvalue weighted by Gasteiger charge is -2.27. The van der Waals surface area contributed by atoms with Crippen molar-refractivity contribution in [1.82, 2.24) is 0 Å². The van der Waals surface area contributed by atoms with E-state index in [4.69, 9.17) is 9.47 Å². The third-order valence-corrected chi connectivity index (χ3v) is 13.1. The average Bonchev–Trinajstić information content (AvgIpc) is 3.03. The molecule has 0 aliphatic heterocycles. The second-order valence-electron chi connectivity index (χ2n) is 11.1. The van der Waals surface area contributed by atoms with Gasteiger partial charge >= 0.3 is 0 Å². The molecule has 0 fully saturated rings. The summed E-state index contributed by atoms with van der Waals surface area (Å²) in [5.74, 6) is 2.00. The maximum Gasteiger partial charge on any atom is 0.125 e. The second kappa shape index (κ2) is 15.8. The molecule has 0 saturated heterocycles. The van der Waals surface area contributed by atoms with Crippen molar-refractivity contribution in [3.63, 3.8) is 0 Å². The van der Waals surface area contributed by atoms with Gasteiger partial charge in [0.25, 0.3) is 0 Å². The van der Waals surface area contributed by atoms with Crippen molar-refractivity contribution in [3.05, 3.63) is 114 Å². The van der Waals surface area contributed by atoms with Gasteiger partial charge in [-0.1, -0.05) is 86.7 Å². The molecule has 216 valence electrons. The Morgan fingerprint density at radius 2 is 0.951 bits per heavy atom. The van der Waals surface area contributed by atoms with Crippen LogP contribution in [0.15, 0.2) is 97.1 Å². The van der Waals surface area contributed by atoms with Crippen LogP contribution in [0.5, 0.6) is 11.5 Å². The van der Waals surface area contributed by atoms with Crippen molar-refractivity contribution in [1.29, 1.82) is 0 Å². The zero-order chi connectivity index (χ0) is 28.9. The van der Waals surface area contributed by atoms with Gasteiger partial charge in [0.15, 0.2) is 0 Å². The van der Waals surface area contributed by atoms with E-state index in [2.05, 4.69) is 111 Å². The van der Waals surface area contributed by atoms with Gasteiger partial charge in [-0.25, -0.2) is 0 Å². The number of unbranched alkanes of at least 4 members (excludes halogenated alkanes) is 7. The second-order valence-corrected chi connectivity index (χ2v) is 14.8. The summed E-state index contributed by atoms with van der Waals surface area (Å²) in [7, 11) is 1.84. The lowest BCUT2D eigenvalue weighted by Crippen LogP contribution is -2.33. The van der Waals surface area contributed by atoms with E-state index in [1.54, 1.807) is 14.2 Å². The van der Waals surface area contributed by atoms with Gasteiger partial charge in [-0.2, -0.15) is 0 Å². The molecular weight excluding hydrogens is 519 g/mol. The summed E-state index contributed by atoms with van der Waals surface area (Å²) in [5.41, 5.74) is 3.64. The zero-order valence-electron chi connectivity index (χ0n) is 25.6. The Morgan fingerprint density at radius 3 is 1.39 bits per heavy atom. The van der Waals surface area contributed by atoms with Crippen LogP contribution in [-0.4, -0.2) is 20.4 Å². The highest BCUT2D eigenvalue weighted by Gasteiger charge is 2.44. The zero-order valence-corrected chi connectivity index (χ0v) is 26.5. The molecule has 0 unspecified atom stereocenters. The molecule has 0 atom stereocenters. The number of hydrogen-bond acceptors (Lipinski definition) is 2. The minimum absolute atomic E-state index is 0.969. The number of rotatable bonds is 16. The van der Waals surface area contributed by atoms with Crippen molar-refractivity contribution in [3.8, 4) is 11.5 Å². The van der Waals surface area contributed by atoms with E-state index in [-0.39, 0.29) is 0 Å². The molecule has 0 aromatic heterocycles. The molecule has 0 aliphatic rings. The minimum atomic E-state index is -1.69. The molecular formula is C38H48O2P+. The van der Waals surface area contributed by atoms with E-state index < -0.39 is 7.26 Å². The number of aryl methyl sites for hydroxylation is 1. The SMILES string of the molecule is COc1cc(CCCCCCCCCC[P+](c2ccccc2)(c2ccccc2)c2ccccc2)c(OC)c(C)c1C. The third kappa shape index (κ3) is 7.60. The molecule has 41 heavy (non-hydrogen) atoms. The fourth-order valence-electron chi connectivity index (χ4n) is 6.22. The summed E-state index contributed by atoms with van der Waals surface area (Å²) < 4.78 is 11.3. The number of benzene rings is 4. The molecule has 0 aliphatic carbocycles. The van der Waals surface area contributed by atoms with Gasteiger partial charge in [0.1, 0.15) is 34.7 Å². The fourth-order valence-corrected chi connectivity index (χ4v) is 10.6. The average molecular weight is 568 g/mol. The van der Waals surface area contributed by atoms with Crippen LogP contribution in [0.25, 0.3) is 0 Å². The highest BCUT2D eigenvalue weighted by Crippen LogP contribution is 2.56. The monoisotopic (exact) mass is 567 g/mol. The van der Waals surface area contributed by atoms with E-state index in [1.165, 1.54) is 90.1 Å². The topological polar surface area (TPSA) is 18.5 Å². The predicted octanol–water partition coefficient (Wildman–Crippen LogP) is 8.98. The summed E-state index contributed by atoms with van der Waals surface area (Å²) in [4.78, 5) is 0. The fraction of sp³-hybridized carbons (Fsp3) is 0.368. The Kier molecular flexibility index (Phi) is 11.9. The van der Waals surface area contributed by atoms with Gasteiger partial charge in [-0.3, -0.25) is 0 Å². The first-order valence-electron chi connectivity index (χ1n) is 15.4. The first-order valence-corrected chi connectivity index (χ1v) is 17.3. The standard InChI is InChI=1S/C38H48O2P/c1-31-32(2)38(40-4)33(30-37(31)39-3)22-14-9-7-5-6-8-10-21-29-41(34-23-15-11-16-24-34,35-25-17-12-18-26-35)36-27-19-13-20-28-36/h11-13,15-20,23-28,30H,5-10,14,21-22,29H2,1-4H3/q+1. The van der Waals surface area contributed by atoms with Crippen LogP contribution in [0.2, 0.25) is 0 Å². The molecule has 0 bridgehead atoms. The van der Waals surface area contributed by atoms with Crippen LogP contribution in [-0.2, 0) is 6.42 Å². The highest BCUT2D eigenvalue weighted by molar-refractivity contribution is 7.95. The van der Waals surface area contributed by atoms with E-state index in [0.717, 1.165) is 17.9 Å². The van der Waals surface area contributed by atoms with Crippen LogP contribution in [0.3, 0.4) is 0 Å². The van der Waals surface area contributed by atoms with Crippen molar-refractivity contribution in [2.45, 2.75) is 71.6 Å². The summed E-state index contributed by atoms with van der Waals surface area (Å²) in [6, 6.07) is 36.0. The van der Waals surface area contributed by atoms with Crippen LogP contribution < -0.4 is 25.4 Å². The normalized spacial score (nSPS) is 11.4. The Morgan fingerprint density at radius 1 is 0.512 bits per heavy atom. The largest absolute Gasteiger partial charge is 0.496 e. The Labute approximate surface area is 249 Å². The molecule has 4 aromatic carbocycles. The first-order chi connectivity index (χ1) is 20.1. The quantitative estimate of drug-likeness (QED) is 0.0994. The van der Waals surface area contributed by atoms with Crippen molar-refractivity contribution < 1.29 is 9.47 Å². The van der Waals surface area contributed by atoms with E-state index in [1.807, 2.05) is 0 Å². The summed E-state index contributed by atoms with van der Waals surface area (Å²) in [5, 5.41) is 4.49. The van der Waals surface area contributed by atoms with Gasteiger partial charge in [-0.05, 0) is 98.7 Å². The molecule has 0 N–H and O–H groups in total. The van der Waals surface area contributed by atoms with Crippen LogP contribution in [0.4, 0.5) is 0 Å². The Hall–Kier alpha value is -3.09. The van der Waals surface area contributed by atoms with Crippen LogP contribution >= 0.6 is 7.26 Å². The smallest absolute Gasteiger partial charge is 0.125 e. The lowest BCUT2D eigenvalue weighted by molar-refractivity contribution is 0.392. The van der Waals surface area contributed by atoms with Crippen LogP contribution in [0, 0.1) is 13.8 Å². The van der Waals surface area contributed by atoms with Gasteiger partial charge in [-0.15, -0.1) is 0 Å². The minimum Gasteiger partial charge on any atom is -0.496 e. The van der Waals surface area contributed by atoms with E-state index in [0.29, 0.717) is 0 Å². The van der Waals surface area contributed by atoms with E-state index >= 15 is 0 Å². The molecule has 2 nitrogen and oxygen atoms in total. The van der Waals surface area contributed by atoms with Gasteiger partial charge < -0.3 is 9.47 Å². The Balaban J connectivity index is 1.28. The molecule has 4 rings (SSSR count). The molecule has 0 saturated carbocycles. The van der Waals surface area contributed by atoms with Crippen molar-refractivity contribution in [2.75, 3.05) is 20.4 Å². The van der Waals surface area contributed by atoms with Gasteiger partial charge in [0.2, 0.25) is 0 Å². The summed E-state index contributed by atoms with van der Waals surface area (Å²) >= 11 is 0. The highest BCUT2D eigenvalue weighted by atomic mass is 31.2. The van der Waals surface area contributed by atoms with Crippen LogP contribution in [0.1, 0.15) is 68.1 Å². The number of hydrogen-bond donors (Lipinski definition) is 0.